The first kappa shape index (κ1) is 25.4. The number of benzene rings is 3. The van der Waals surface area contributed by atoms with Crippen LogP contribution in [0.5, 0.6) is 28.7 Å². The van der Waals surface area contributed by atoms with Crippen molar-refractivity contribution in [1.82, 2.24) is 0 Å². The summed E-state index contributed by atoms with van der Waals surface area (Å²) in [5.74, 6) is 2.59. The van der Waals surface area contributed by atoms with Gasteiger partial charge < -0.3 is 33.2 Å². The van der Waals surface area contributed by atoms with E-state index in [1.165, 1.54) is 0 Å². The molecule has 3 aromatic carbocycles. The Kier molecular flexibility index (Phi) is 7.64. The summed E-state index contributed by atoms with van der Waals surface area (Å²) < 4.78 is 43.0. The molecule has 0 aliphatic carbocycles. The van der Waals surface area contributed by atoms with Gasteiger partial charge in [0.2, 0.25) is 0 Å². The predicted octanol–water partition coefficient (Wildman–Crippen LogP) is 6.29. The fourth-order valence-corrected chi connectivity index (χ4v) is 4.81. The first-order valence-corrected chi connectivity index (χ1v) is 12.1. The van der Waals surface area contributed by atoms with Crippen molar-refractivity contribution < 1.29 is 33.2 Å². The summed E-state index contributed by atoms with van der Waals surface area (Å²) in [6, 6.07) is 11.7. The van der Waals surface area contributed by atoms with Crippen LogP contribution in [-0.2, 0) is 16.1 Å². The molecule has 0 radical (unpaired) electrons. The lowest BCUT2D eigenvalue weighted by Crippen LogP contribution is -2.34. The van der Waals surface area contributed by atoms with E-state index in [2.05, 4.69) is 29.8 Å². The number of fused-ring (bicyclic) bond motifs is 1. The van der Waals surface area contributed by atoms with Crippen molar-refractivity contribution in [3.63, 3.8) is 0 Å². The van der Waals surface area contributed by atoms with Crippen molar-refractivity contribution in [2.24, 2.45) is 5.41 Å². The highest BCUT2D eigenvalue weighted by molar-refractivity contribution is 9.10. The van der Waals surface area contributed by atoms with Crippen molar-refractivity contribution in [1.29, 1.82) is 0 Å². The molecule has 0 bridgehead atoms. The smallest absolute Gasteiger partial charge is 0.191 e. The summed E-state index contributed by atoms with van der Waals surface area (Å²) in [5, 5.41) is 1.33. The molecule has 0 aromatic heterocycles. The van der Waals surface area contributed by atoms with Crippen molar-refractivity contribution in [2.45, 2.75) is 26.7 Å². The quantitative estimate of drug-likeness (QED) is 0.329. The minimum absolute atomic E-state index is 0.110. The molecule has 1 aliphatic heterocycles. The van der Waals surface area contributed by atoms with Crippen LogP contribution >= 0.6 is 15.9 Å². The summed E-state index contributed by atoms with van der Waals surface area (Å²) >= 11 is 3.60. The minimum Gasteiger partial charge on any atom is -0.496 e. The van der Waals surface area contributed by atoms with Crippen LogP contribution in [0, 0.1) is 5.41 Å². The van der Waals surface area contributed by atoms with Gasteiger partial charge in [-0.15, -0.1) is 0 Å². The number of methoxy groups -OCH3 is 4. The number of ether oxygens (including phenoxy) is 7. The van der Waals surface area contributed by atoms with E-state index >= 15 is 0 Å². The maximum Gasteiger partial charge on any atom is 0.191 e. The third-order valence-corrected chi connectivity index (χ3v) is 6.48. The van der Waals surface area contributed by atoms with Gasteiger partial charge in [-0.1, -0.05) is 44.2 Å². The van der Waals surface area contributed by atoms with Gasteiger partial charge in [-0.05, 0) is 27.6 Å². The lowest BCUT2D eigenvalue weighted by molar-refractivity contribution is -0.227. The summed E-state index contributed by atoms with van der Waals surface area (Å²) in [4.78, 5) is 0. The third kappa shape index (κ3) is 4.87. The van der Waals surface area contributed by atoms with E-state index in [-0.39, 0.29) is 5.41 Å². The number of hydrogen-bond donors (Lipinski definition) is 0. The lowest BCUT2D eigenvalue weighted by Gasteiger charge is -2.36. The van der Waals surface area contributed by atoms with Gasteiger partial charge in [0, 0.05) is 5.41 Å². The van der Waals surface area contributed by atoms with Gasteiger partial charge in [-0.2, -0.15) is 0 Å². The Labute approximate surface area is 214 Å². The van der Waals surface area contributed by atoms with Crippen LogP contribution in [0.1, 0.15) is 31.3 Å². The first-order valence-electron chi connectivity index (χ1n) is 11.3. The zero-order valence-electron chi connectivity index (χ0n) is 20.9. The van der Waals surface area contributed by atoms with Gasteiger partial charge in [-0.25, -0.2) is 0 Å². The molecule has 0 spiro atoms. The van der Waals surface area contributed by atoms with E-state index < -0.39 is 6.29 Å². The molecule has 7 nitrogen and oxygen atoms in total. The molecule has 0 N–H and O–H groups in total. The molecule has 1 heterocycles. The highest BCUT2D eigenvalue weighted by Crippen LogP contribution is 2.56. The van der Waals surface area contributed by atoms with Gasteiger partial charge in [-0.3, -0.25) is 0 Å². The molecule has 0 atom stereocenters. The Morgan fingerprint density at radius 3 is 2.03 bits per heavy atom. The van der Waals surface area contributed by atoms with Crippen molar-refractivity contribution >= 4 is 26.7 Å². The molecule has 188 valence electrons. The van der Waals surface area contributed by atoms with Gasteiger partial charge >= 0.3 is 0 Å². The topological polar surface area (TPSA) is 64.6 Å². The van der Waals surface area contributed by atoms with Crippen LogP contribution in [0.2, 0.25) is 0 Å². The Morgan fingerprint density at radius 2 is 1.46 bits per heavy atom. The molecule has 1 saturated heterocycles. The molecule has 4 rings (SSSR count). The van der Waals surface area contributed by atoms with Crippen LogP contribution in [0.4, 0.5) is 0 Å². The fraction of sp³-hybridized carbons (Fsp3) is 0.407. The second-order valence-corrected chi connectivity index (χ2v) is 9.90. The van der Waals surface area contributed by atoms with Gasteiger partial charge in [0.05, 0.1) is 62.5 Å². The van der Waals surface area contributed by atoms with Crippen LogP contribution in [0.15, 0.2) is 40.9 Å². The standard InChI is InChI=1S/C27H31BrO7/c1-27(2)14-34-26(35-15-27)21-23(31-5)19-18(29-3)12-17(28)22(30-4)20(19)24(32-6)25(21)33-13-16-10-8-7-9-11-16/h7-12,26H,13-15H2,1-6H3. The zero-order valence-corrected chi connectivity index (χ0v) is 22.5. The molecule has 1 fully saturated rings. The highest BCUT2D eigenvalue weighted by atomic mass is 79.9. The minimum atomic E-state index is -0.721. The third-order valence-electron chi connectivity index (χ3n) is 5.89. The molecule has 3 aromatic rings. The maximum atomic E-state index is 6.44. The van der Waals surface area contributed by atoms with Crippen molar-refractivity contribution in [3.8, 4) is 28.7 Å². The Hall–Kier alpha value is -2.68. The molecule has 8 heteroatoms. The Balaban J connectivity index is 2.02. The van der Waals surface area contributed by atoms with E-state index in [1.807, 2.05) is 36.4 Å². The summed E-state index contributed by atoms with van der Waals surface area (Å²) in [7, 11) is 6.41. The molecule has 1 aliphatic rings. The van der Waals surface area contributed by atoms with Crippen LogP contribution in [0.3, 0.4) is 0 Å². The van der Waals surface area contributed by atoms with Gasteiger partial charge in [0.15, 0.2) is 17.8 Å². The molecule has 35 heavy (non-hydrogen) atoms. The molecular formula is C27H31BrO7. The summed E-state index contributed by atoms with van der Waals surface area (Å²) in [5.41, 5.74) is 1.50. The Bertz CT molecular complexity index is 1180. The van der Waals surface area contributed by atoms with E-state index in [4.69, 9.17) is 33.2 Å². The largest absolute Gasteiger partial charge is 0.496 e. The lowest BCUT2D eigenvalue weighted by atomic mass is 9.94. The zero-order chi connectivity index (χ0) is 25.2. The van der Waals surface area contributed by atoms with Crippen LogP contribution in [-0.4, -0.2) is 41.7 Å². The number of halogens is 1. The van der Waals surface area contributed by atoms with Crippen LogP contribution < -0.4 is 23.7 Å². The van der Waals surface area contributed by atoms with E-state index in [0.29, 0.717) is 69.4 Å². The van der Waals surface area contributed by atoms with Crippen molar-refractivity contribution in [2.75, 3.05) is 41.7 Å². The highest BCUT2D eigenvalue weighted by Gasteiger charge is 2.37. The van der Waals surface area contributed by atoms with Gasteiger partial charge in [0.25, 0.3) is 0 Å². The fourth-order valence-electron chi connectivity index (χ4n) is 4.24. The molecule has 0 unspecified atom stereocenters. The normalized spacial score (nSPS) is 15.6. The second kappa shape index (κ2) is 10.5. The Morgan fingerprint density at radius 1 is 0.829 bits per heavy atom. The second-order valence-electron chi connectivity index (χ2n) is 9.05. The van der Waals surface area contributed by atoms with Gasteiger partial charge in [0.1, 0.15) is 23.9 Å². The van der Waals surface area contributed by atoms with Crippen LogP contribution in [0.25, 0.3) is 10.8 Å². The van der Waals surface area contributed by atoms with Crippen molar-refractivity contribution in [3.05, 3.63) is 52.0 Å². The number of rotatable bonds is 8. The average molecular weight is 547 g/mol. The van der Waals surface area contributed by atoms with E-state index in [0.717, 1.165) is 5.56 Å². The van der Waals surface area contributed by atoms with E-state index in [1.54, 1.807) is 28.4 Å². The SMILES string of the molecule is COc1cc(Br)c(OC)c2c(OC)c(OCc3ccccc3)c(C3OCC(C)(C)CO3)c(OC)c12. The molecular weight excluding hydrogens is 516 g/mol. The first-order chi connectivity index (χ1) is 16.8. The molecule has 0 saturated carbocycles. The summed E-state index contributed by atoms with van der Waals surface area (Å²) in [6.07, 6.45) is -0.721. The molecule has 0 amide bonds. The van der Waals surface area contributed by atoms with E-state index in [9.17, 15) is 0 Å². The maximum absolute atomic E-state index is 6.44. The number of hydrogen-bond acceptors (Lipinski definition) is 7. The average Bonchev–Trinajstić information content (AvgIpc) is 2.86. The summed E-state index contributed by atoms with van der Waals surface area (Å²) in [6.45, 7) is 5.53. The predicted molar refractivity (Wildman–Crippen MR) is 137 cm³/mol. The monoisotopic (exact) mass is 546 g/mol.